The van der Waals surface area contributed by atoms with E-state index < -0.39 is 5.79 Å². The van der Waals surface area contributed by atoms with Crippen LogP contribution >= 0.6 is 11.8 Å². The van der Waals surface area contributed by atoms with E-state index in [-0.39, 0.29) is 5.92 Å². The van der Waals surface area contributed by atoms with Crippen molar-refractivity contribution in [3.05, 3.63) is 77.2 Å². The molecule has 0 amide bonds. The van der Waals surface area contributed by atoms with Gasteiger partial charge in [-0.15, -0.1) is 11.8 Å². The molecule has 2 atom stereocenters. The van der Waals surface area contributed by atoms with Gasteiger partial charge in [-0.3, -0.25) is 0 Å². The van der Waals surface area contributed by atoms with Gasteiger partial charge in [0.15, 0.2) is 5.79 Å². The second-order valence-corrected chi connectivity index (χ2v) is 8.43. The molecule has 2 nitrogen and oxygen atoms in total. The first-order valence-electron chi connectivity index (χ1n) is 10.0. The van der Waals surface area contributed by atoms with Crippen molar-refractivity contribution >= 4 is 28.6 Å². The average molecular weight is 393 g/mol. The van der Waals surface area contributed by atoms with Crippen LogP contribution in [0.2, 0.25) is 0 Å². The van der Waals surface area contributed by atoms with Crippen LogP contribution in [-0.4, -0.2) is 25.8 Å². The van der Waals surface area contributed by atoms with Crippen LogP contribution in [0.5, 0.6) is 0 Å². The topological polar surface area (TPSA) is 18.5 Å². The summed E-state index contributed by atoms with van der Waals surface area (Å²) in [6.07, 6.45) is 14.3. The number of hydrogen-bond acceptors (Lipinski definition) is 3. The van der Waals surface area contributed by atoms with Gasteiger partial charge in [0.1, 0.15) is 0 Å². The second-order valence-electron chi connectivity index (χ2n) is 7.49. The number of ether oxygens (including phenoxy) is 2. The Balaban J connectivity index is 0.000000275. The number of thioether (sulfide) groups is 1. The van der Waals surface area contributed by atoms with E-state index in [9.17, 15) is 0 Å². The van der Waals surface area contributed by atoms with Gasteiger partial charge in [0.2, 0.25) is 0 Å². The summed E-state index contributed by atoms with van der Waals surface area (Å²) in [6, 6.07) is 13.1. The molecule has 2 aromatic rings. The molecule has 3 aliphatic rings. The summed E-state index contributed by atoms with van der Waals surface area (Å²) in [7, 11) is 3.57. The van der Waals surface area contributed by atoms with Crippen molar-refractivity contribution in [2.45, 2.75) is 31.0 Å². The summed E-state index contributed by atoms with van der Waals surface area (Å²) in [6.45, 7) is 0. The molecule has 3 heteroatoms. The highest BCUT2D eigenvalue weighted by Gasteiger charge is 2.48. The summed E-state index contributed by atoms with van der Waals surface area (Å²) in [5.74, 6) is 1.43. The monoisotopic (exact) mass is 392 g/mol. The van der Waals surface area contributed by atoms with Gasteiger partial charge >= 0.3 is 0 Å². The molecule has 2 aliphatic carbocycles. The van der Waals surface area contributed by atoms with E-state index in [0.29, 0.717) is 5.92 Å². The molecule has 1 aliphatic heterocycles. The third kappa shape index (κ3) is 3.59. The van der Waals surface area contributed by atoms with Gasteiger partial charge in [-0.2, -0.15) is 0 Å². The lowest BCUT2D eigenvalue weighted by Crippen LogP contribution is -2.47. The van der Waals surface area contributed by atoms with Gasteiger partial charge in [-0.25, -0.2) is 0 Å². The van der Waals surface area contributed by atoms with Crippen molar-refractivity contribution in [2.75, 3.05) is 20.0 Å². The minimum absolute atomic E-state index is 0.279. The smallest absolute Gasteiger partial charge is 0.174 e. The summed E-state index contributed by atoms with van der Waals surface area (Å²) < 4.78 is 11.8. The number of fused-ring (bicyclic) bond motifs is 5. The fraction of sp³-hybridized carbons (Fsp3) is 0.360. The Morgan fingerprint density at radius 3 is 2.57 bits per heavy atom. The lowest BCUT2D eigenvalue weighted by atomic mass is 9.67. The fourth-order valence-corrected chi connectivity index (χ4v) is 5.32. The van der Waals surface area contributed by atoms with E-state index in [0.717, 1.165) is 18.6 Å². The first-order valence-corrected chi connectivity index (χ1v) is 11.1. The molecule has 0 radical (unpaired) electrons. The van der Waals surface area contributed by atoms with E-state index in [1.807, 2.05) is 17.8 Å². The van der Waals surface area contributed by atoms with Crippen LogP contribution in [0.25, 0.3) is 16.8 Å². The average Bonchev–Trinajstić information content (AvgIpc) is 2.79. The molecular formula is C25H28O2S. The van der Waals surface area contributed by atoms with Gasteiger partial charge in [-0.1, -0.05) is 66.8 Å². The maximum atomic E-state index is 5.91. The molecule has 1 heterocycles. The zero-order valence-corrected chi connectivity index (χ0v) is 17.5. The molecule has 1 saturated carbocycles. The standard InChI is InChI=1S/C20H22O2.C5H6S/c1-21-20(22-2)13-5-7-15-10-11-17-16-8-4-3-6-14(16)9-12-18(17)19(15)20;1-2-4-6-5-3-1/h3-4,6,8-12,15,19H,5,7,13H2,1-2H3;1-4H,5H2. The number of benzene rings is 2. The predicted molar refractivity (Wildman–Crippen MR) is 121 cm³/mol. The molecule has 2 unspecified atom stereocenters. The summed E-state index contributed by atoms with van der Waals surface area (Å²) >= 11 is 1.83. The Bertz CT molecular complexity index is 896. The van der Waals surface area contributed by atoms with Crippen molar-refractivity contribution in [2.24, 2.45) is 5.92 Å². The summed E-state index contributed by atoms with van der Waals surface area (Å²) in [4.78, 5) is 0. The van der Waals surface area contributed by atoms with Crippen molar-refractivity contribution in [1.82, 2.24) is 0 Å². The molecule has 0 spiro atoms. The van der Waals surface area contributed by atoms with E-state index in [2.05, 4.69) is 66.1 Å². The van der Waals surface area contributed by atoms with E-state index in [1.54, 1.807) is 14.2 Å². The number of allylic oxidation sites excluding steroid dienone is 3. The first kappa shape index (κ1) is 19.5. The zero-order valence-electron chi connectivity index (χ0n) is 16.6. The van der Waals surface area contributed by atoms with Crippen LogP contribution in [0.1, 0.15) is 36.3 Å². The van der Waals surface area contributed by atoms with Crippen LogP contribution in [-0.2, 0) is 9.47 Å². The Labute approximate surface area is 172 Å². The van der Waals surface area contributed by atoms with E-state index >= 15 is 0 Å². The zero-order chi connectivity index (χ0) is 19.4. The number of methoxy groups -OCH3 is 2. The highest BCUT2D eigenvalue weighted by molar-refractivity contribution is 8.02. The largest absolute Gasteiger partial charge is 0.353 e. The molecule has 1 fully saturated rings. The molecule has 146 valence electrons. The number of rotatable bonds is 2. The van der Waals surface area contributed by atoms with Crippen LogP contribution in [0.15, 0.2) is 66.1 Å². The summed E-state index contributed by atoms with van der Waals surface area (Å²) in [5, 5.41) is 4.71. The van der Waals surface area contributed by atoms with Crippen LogP contribution in [0, 0.1) is 5.92 Å². The summed E-state index contributed by atoms with van der Waals surface area (Å²) in [5.41, 5.74) is 2.70. The molecule has 0 bridgehead atoms. The minimum atomic E-state index is -0.495. The van der Waals surface area contributed by atoms with Crippen molar-refractivity contribution in [3.63, 3.8) is 0 Å². The van der Waals surface area contributed by atoms with Gasteiger partial charge in [0, 0.05) is 32.3 Å². The minimum Gasteiger partial charge on any atom is -0.353 e. The Hall–Kier alpha value is -1.81. The third-order valence-electron chi connectivity index (χ3n) is 6.12. The molecule has 2 aromatic carbocycles. The van der Waals surface area contributed by atoms with Crippen LogP contribution < -0.4 is 0 Å². The predicted octanol–water partition coefficient (Wildman–Crippen LogP) is 6.54. The maximum absolute atomic E-state index is 5.91. The first-order chi connectivity index (χ1) is 13.8. The van der Waals surface area contributed by atoms with Gasteiger partial charge < -0.3 is 9.47 Å². The van der Waals surface area contributed by atoms with Gasteiger partial charge in [0.25, 0.3) is 0 Å². The fourth-order valence-electron chi connectivity index (χ4n) is 4.78. The highest BCUT2D eigenvalue weighted by Crippen LogP contribution is 2.51. The molecule has 0 N–H and O–H groups in total. The van der Waals surface area contributed by atoms with Crippen molar-refractivity contribution in [1.29, 1.82) is 0 Å². The van der Waals surface area contributed by atoms with Crippen LogP contribution in [0.3, 0.4) is 0 Å². The SMILES string of the molecule is C1=CCSC=C1.COC1(OC)CCCC2C=Cc3c(ccc4ccccc34)C21. The highest BCUT2D eigenvalue weighted by atomic mass is 32.2. The quantitative estimate of drug-likeness (QED) is 0.540. The second kappa shape index (κ2) is 8.69. The van der Waals surface area contributed by atoms with Crippen molar-refractivity contribution < 1.29 is 9.47 Å². The molecule has 5 rings (SSSR count). The maximum Gasteiger partial charge on any atom is 0.174 e. The third-order valence-corrected chi connectivity index (χ3v) is 6.85. The molecule has 28 heavy (non-hydrogen) atoms. The number of hydrogen-bond donors (Lipinski definition) is 0. The molecular weight excluding hydrogens is 364 g/mol. The molecule has 0 aromatic heterocycles. The Morgan fingerprint density at radius 2 is 1.89 bits per heavy atom. The van der Waals surface area contributed by atoms with E-state index in [1.165, 1.54) is 28.3 Å². The van der Waals surface area contributed by atoms with Gasteiger partial charge in [-0.05, 0) is 46.1 Å². The lowest BCUT2D eigenvalue weighted by Gasteiger charge is -2.47. The van der Waals surface area contributed by atoms with Crippen LogP contribution in [0.4, 0.5) is 0 Å². The van der Waals surface area contributed by atoms with Gasteiger partial charge in [0.05, 0.1) is 0 Å². The lowest BCUT2D eigenvalue weighted by molar-refractivity contribution is -0.241. The Kier molecular flexibility index (Phi) is 6.05. The van der Waals surface area contributed by atoms with E-state index in [4.69, 9.17) is 9.47 Å². The van der Waals surface area contributed by atoms with Crippen molar-refractivity contribution in [3.8, 4) is 0 Å². The molecule has 0 saturated heterocycles. The Morgan fingerprint density at radius 1 is 1.04 bits per heavy atom. The normalized spacial score (nSPS) is 24.2.